The summed E-state index contributed by atoms with van der Waals surface area (Å²) in [5.74, 6) is 0.325. The van der Waals surface area contributed by atoms with Gasteiger partial charge in [0.2, 0.25) is 5.91 Å². The molecule has 1 aromatic carbocycles. The van der Waals surface area contributed by atoms with Crippen molar-refractivity contribution in [2.75, 3.05) is 13.1 Å². The number of carbonyl (C=O) groups is 1. The van der Waals surface area contributed by atoms with Crippen LogP contribution in [0.3, 0.4) is 0 Å². The van der Waals surface area contributed by atoms with E-state index in [1.54, 1.807) is 0 Å². The Morgan fingerprint density at radius 1 is 1.14 bits per heavy atom. The summed E-state index contributed by atoms with van der Waals surface area (Å²) in [5, 5.41) is 0. The third-order valence-electron chi connectivity index (χ3n) is 4.39. The maximum Gasteiger partial charge on any atom is 0.222 e. The monoisotopic (exact) mass is 288 g/mol. The van der Waals surface area contributed by atoms with Gasteiger partial charge in [-0.2, -0.15) is 0 Å². The van der Waals surface area contributed by atoms with Gasteiger partial charge in [-0.05, 0) is 44.2 Å². The lowest BCUT2D eigenvalue weighted by Gasteiger charge is -2.29. The zero-order valence-electron chi connectivity index (χ0n) is 13.0. The molecule has 2 N–H and O–H groups in total. The van der Waals surface area contributed by atoms with Crippen molar-refractivity contribution in [2.24, 2.45) is 5.73 Å². The van der Waals surface area contributed by atoms with Gasteiger partial charge in [0.25, 0.3) is 0 Å². The predicted molar refractivity (Wildman–Crippen MR) is 87.0 cm³/mol. The van der Waals surface area contributed by atoms with Crippen molar-refractivity contribution in [3.8, 4) is 0 Å². The van der Waals surface area contributed by atoms with E-state index in [1.165, 1.54) is 31.2 Å². The van der Waals surface area contributed by atoms with Gasteiger partial charge >= 0.3 is 0 Å². The van der Waals surface area contributed by atoms with Crippen LogP contribution < -0.4 is 5.73 Å². The van der Waals surface area contributed by atoms with E-state index in [1.807, 2.05) is 6.07 Å². The predicted octanol–water partition coefficient (Wildman–Crippen LogP) is 3.13. The maximum atomic E-state index is 12.5. The summed E-state index contributed by atoms with van der Waals surface area (Å²) in [6.07, 6.45) is 8.39. The molecule has 0 bridgehead atoms. The fraction of sp³-hybridized carbons (Fsp3) is 0.611. The SMILES string of the molecule is NCCCN(C(=O)CCCc1ccccc1)C1CCCC1. The van der Waals surface area contributed by atoms with Crippen LogP contribution in [0.15, 0.2) is 30.3 Å². The Kier molecular flexibility index (Phi) is 6.74. The Hall–Kier alpha value is -1.35. The number of hydrogen-bond acceptors (Lipinski definition) is 2. The molecule has 1 aliphatic rings. The highest BCUT2D eigenvalue weighted by molar-refractivity contribution is 5.76. The van der Waals surface area contributed by atoms with Gasteiger partial charge < -0.3 is 10.6 Å². The first-order valence-corrected chi connectivity index (χ1v) is 8.34. The number of aryl methyl sites for hydroxylation is 1. The van der Waals surface area contributed by atoms with Crippen molar-refractivity contribution < 1.29 is 4.79 Å². The molecule has 0 spiro atoms. The minimum Gasteiger partial charge on any atom is -0.340 e. The number of nitrogens with zero attached hydrogens (tertiary/aromatic N) is 1. The largest absolute Gasteiger partial charge is 0.340 e. The quantitative estimate of drug-likeness (QED) is 0.799. The zero-order chi connectivity index (χ0) is 14.9. The lowest BCUT2D eigenvalue weighted by Crippen LogP contribution is -2.40. The van der Waals surface area contributed by atoms with E-state index in [2.05, 4.69) is 29.2 Å². The van der Waals surface area contributed by atoms with E-state index >= 15 is 0 Å². The third kappa shape index (κ3) is 5.16. The molecule has 0 unspecified atom stereocenters. The molecular weight excluding hydrogens is 260 g/mol. The van der Waals surface area contributed by atoms with Crippen molar-refractivity contribution >= 4 is 5.91 Å². The zero-order valence-corrected chi connectivity index (χ0v) is 13.0. The fourth-order valence-corrected chi connectivity index (χ4v) is 3.22. The van der Waals surface area contributed by atoms with Crippen LogP contribution in [0.2, 0.25) is 0 Å². The topological polar surface area (TPSA) is 46.3 Å². The molecule has 1 fully saturated rings. The first kappa shape index (κ1) is 16.0. The van der Waals surface area contributed by atoms with Crippen molar-refractivity contribution in [1.29, 1.82) is 0 Å². The molecule has 0 heterocycles. The van der Waals surface area contributed by atoms with E-state index in [-0.39, 0.29) is 0 Å². The molecule has 3 nitrogen and oxygen atoms in total. The minimum absolute atomic E-state index is 0.325. The van der Waals surface area contributed by atoms with Gasteiger partial charge in [-0.15, -0.1) is 0 Å². The molecule has 0 atom stereocenters. The van der Waals surface area contributed by atoms with Gasteiger partial charge in [-0.3, -0.25) is 4.79 Å². The van der Waals surface area contributed by atoms with E-state index in [0.29, 0.717) is 24.9 Å². The standard InChI is InChI=1S/C18H28N2O/c19-14-7-15-20(17-11-4-5-12-17)18(21)13-6-10-16-8-2-1-3-9-16/h1-3,8-9,17H,4-7,10-15,19H2. The normalized spacial score (nSPS) is 15.3. The van der Waals surface area contributed by atoms with Crippen LogP contribution in [0, 0.1) is 0 Å². The summed E-state index contributed by atoms with van der Waals surface area (Å²) in [4.78, 5) is 14.6. The average Bonchev–Trinajstić information content (AvgIpc) is 3.03. The van der Waals surface area contributed by atoms with Crippen molar-refractivity contribution in [1.82, 2.24) is 4.90 Å². The number of hydrogen-bond donors (Lipinski definition) is 1. The molecule has 116 valence electrons. The van der Waals surface area contributed by atoms with Crippen LogP contribution in [0.5, 0.6) is 0 Å². The van der Waals surface area contributed by atoms with Crippen LogP contribution >= 0.6 is 0 Å². The van der Waals surface area contributed by atoms with Gasteiger partial charge in [-0.1, -0.05) is 43.2 Å². The Morgan fingerprint density at radius 3 is 2.52 bits per heavy atom. The molecule has 0 aromatic heterocycles. The van der Waals surface area contributed by atoms with Crippen LogP contribution in [-0.4, -0.2) is 29.9 Å². The van der Waals surface area contributed by atoms with Crippen LogP contribution in [-0.2, 0) is 11.2 Å². The van der Waals surface area contributed by atoms with Gasteiger partial charge in [0.1, 0.15) is 0 Å². The van der Waals surface area contributed by atoms with Crippen molar-refractivity contribution in [2.45, 2.75) is 57.4 Å². The summed E-state index contributed by atoms with van der Waals surface area (Å²) in [5.41, 5.74) is 6.93. The van der Waals surface area contributed by atoms with Crippen LogP contribution in [0.25, 0.3) is 0 Å². The second-order valence-electron chi connectivity index (χ2n) is 6.01. The molecule has 0 saturated heterocycles. The molecule has 3 heteroatoms. The lowest BCUT2D eigenvalue weighted by atomic mass is 10.1. The van der Waals surface area contributed by atoms with Crippen molar-refractivity contribution in [3.63, 3.8) is 0 Å². The maximum absolute atomic E-state index is 12.5. The number of nitrogens with two attached hydrogens (primary N) is 1. The molecule has 1 amide bonds. The van der Waals surface area contributed by atoms with Gasteiger partial charge in [0.15, 0.2) is 0 Å². The van der Waals surface area contributed by atoms with Crippen LogP contribution in [0.1, 0.15) is 50.5 Å². The molecule has 0 aliphatic heterocycles. The second-order valence-corrected chi connectivity index (χ2v) is 6.01. The summed E-state index contributed by atoms with van der Waals surface area (Å²) in [7, 11) is 0. The number of amides is 1. The van der Waals surface area contributed by atoms with Crippen LogP contribution in [0.4, 0.5) is 0 Å². The third-order valence-corrected chi connectivity index (χ3v) is 4.39. The highest BCUT2D eigenvalue weighted by atomic mass is 16.2. The minimum atomic E-state index is 0.325. The molecular formula is C18H28N2O. The molecule has 21 heavy (non-hydrogen) atoms. The number of rotatable bonds is 8. The molecule has 1 saturated carbocycles. The van der Waals surface area contributed by atoms with E-state index in [0.717, 1.165) is 25.8 Å². The first-order valence-electron chi connectivity index (χ1n) is 8.34. The number of carbonyl (C=O) groups excluding carboxylic acids is 1. The van der Waals surface area contributed by atoms with E-state index < -0.39 is 0 Å². The highest BCUT2D eigenvalue weighted by Crippen LogP contribution is 2.24. The Bertz CT molecular complexity index is 412. The summed E-state index contributed by atoms with van der Waals surface area (Å²) < 4.78 is 0. The van der Waals surface area contributed by atoms with Crippen molar-refractivity contribution in [3.05, 3.63) is 35.9 Å². The molecule has 0 radical (unpaired) electrons. The smallest absolute Gasteiger partial charge is 0.222 e. The molecule has 1 aromatic rings. The summed E-state index contributed by atoms with van der Waals surface area (Å²) in [6.45, 7) is 1.51. The molecule has 2 rings (SSSR count). The van der Waals surface area contributed by atoms with Gasteiger partial charge in [0.05, 0.1) is 0 Å². The highest BCUT2D eigenvalue weighted by Gasteiger charge is 2.25. The number of benzene rings is 1. The molecule has 1 aliphatic carbocycles. The lowest BCUT2D eigenvalue weighted by molar-refractivity contribution is -0.133. The van der Waals surface area contributed by atoms with Gasteiger partial charge in [0, 0.05) is 19.0 Å². The Labute approximate surface area is 128 Å². The van der Waals surface area contributed by atoms with E-state index in [4.69, 9.17) is 5.73 Å². The summed E-state index contributed by atoms with van der Waals surface area (Å²) >= 11 is 0. The second kappa shape index (κ2) is 8.83. The Balaban J connectivity index is 1.80. The van der Waals surface area contributed by atoms with Gasteiger partial charge in [-0.25, -0.2) is 0 Å². The van der Waals surface area contributed by atoms with E-state index in [9.17, 15) is 4.79 Å². The first-order chi connectivity index (χ1) is 10.3. The Morgan fingerprint density at radius 2 is 1.86 bits per heavy atom. The fourth-order valence-electron chi connectivity index (χ4n) is 3.22. The average molecular weight is 288 g/mol. The summed E-state index contributed by atoms with van der Waals surface area (Å²) in [6, 6.07) is 10.9.